The van der Waals surface area contributed by atoms with E-state index < -0.39 is 5.41 Å². The van der Waals surface area contributed by atoms with Crippen LogP contribution in [0.5, 0.6) is 5.75 Å². The van der Waals surface area contributed by atoms with Gasteiger partial charge in [0.15, 0.2) is 0 Å². The van der Waals surface area contributed by atoms with E-state index in [9.17, 15) is 9.59 Å². The highest BCUT2D eigenvalue weighted by atomic mass is 16.5. The summed E-state index contributed by atoms with van der Waals surface area (Å²) in [6.45, 7) is 7.50. The van der Waals surface area contributed by atoms with Crippen molar-refractivity contribution in [2.24, 2.45) is 5.41 Å². The summed E-state index contributed by atoms with van der Waals surface area (Å²) in [4.78, 5) is 24.2. The molecule has 0 heterocycles. The Kier molecular flexibility index (Phi) is 6.40. The summed E-state index contributed by atoms with van der Waals surface area (Å²) in [5, 5.41) is 5.59. The fraction of sp³-hybridized carbons (Fsp3) is 0.529. The normalized spacial score (nSPS) is 11.2. The number of methoxy groups -OCH3 is 1. The molecule has 2 amide bonds. The summed E-state index contributed by atoms with van der Waals surface area (Å²) < 4.78 is 5.10. The average Bonchev–Trinajstić information content (AvgIpc) is 2.47. The van der Waals surface area contributed by atoms with Gasteiger partial charge in [-0.25, -0.2) is 0 Å². The van der Waals surface area contributed by atoms with Crippen LogP contribution in [0.4, 0.5) is 0 Å². The number of hydrogen-bond acceptors (Lipinski definition) is 3. The van der Waals surface area contributed by atoms with Crippen LogP contribution in [0.3, 0.4) is 0 Å². The first kappa shape index (κ1) is 18.0. The number of amides is 2. The fourth-order valence-corrected chi connectivity index (χ4v) is 1.88. The van der Waals surface area contributed by atoms with E-state index in [0.29, 0.717) is 13.0 Å². The van der Waals surface area contributed by atoms with Gasteiger partial charge in [-0.1, -0.05) is 12.1 Å². The summed E-state index contributed by atoms with van der Waals surface area (Å²) in [7, 11) is 1.62. The van der Waals surface area contributed by atoms with Crippen molar-refractivity contribution in [2.75, 3.05) is 13.7 Å². The van der Waals surface area contributed by atoms with Crippen LogP contribution >= 0.6 is 0 Å². The predicted octanol–water partition coefficient (Wildman–Crippen LogP) is 1.90. The molecule has 0 bridgehead atoms. The minimum atomic E-state index is -1.08. The van der Waals surface area contributed by atoms with Crippen molar-refractivity contribution in [2.45, 2.75) is 40.2 Å². The van der Waals surface area contributed by atoms with Crippen molar-refractivity contribution in [3.05, 3.63) is 29.8 Å². The van der Waals surface area contributed by atoms with Crippen LogP contribution in [0.25, 0.3) is 0 Å². The van der Waals surface area contributed by atoms with Gasteiger partial charge >= 0.3 is 0 Å². The molecule has 5 heteroatoms. The van der Waals surface area contributed by atoms with Crippen molar-refractivity contribution in [3.8, 4) is 5.75 Å². The highest BCUT2D eigenvalue weighted by Gasteiger charge is 2.35. The Morgan fingerprint density at radius 1 is 1.14 bits per heavy atom. The molecule has 122 valence electrons. The van der Waals surface area contributed by atoms with Crippen molar-refractivity contribution in [1.29, 1.82) is 0 Å². The van der Waals surface area contributed by atoms with Gasteiger partial charge in [0.05, 0.1) is 7.11 Å². The van der Waals surface area contributed by atoms with Gasteiger partial charge in [0.2, 0.25) is 11.8 Å². The third kappa shape index (κ3) is 5.06. The number of nitrogens with one attached hydrogen (secondary N) is 2. The number of carbonyl (C=O) groups excluding carboxylic acids is 2. The van der Waals surface area contributed by atoms with E-state index in [1.807, 2.05) is 38.1 Å². The summed E-state index contributed by atoms with van der Waals surface area (Å²) in [6.07, 6.45) is 0.706. The van der Waals surface area contributed by atoms with Crippen molar-refractivity contribution < 1.29 is 14.3 Å². The van der Waals surface area contributed by atoms with Crippen molar-refractivity contribution in [1.82, 2.24) is 10.6 Å². The molecule has 1 rings (SSSR count). The Labute approximate surface area is 132 Å². The molecule has 0 aliphatic carbocycles. The zero-order valence-electron chi connectivity index (χ0n) is 14.0. The lowest BCUT2D eigenvalue weighted by molar-refractivity contribution is -0.141. The first-order valence-electron chi connectivity index (χ1n) is 7.49. The number of benzene rings is 1. The van der Waals surface area contributed by atoms with Gasteiger partial charge in [-0.15, -0.1) is 0 Å². The molecule has 0 aliphatic rings. The van der Waals surface area contributed by atoms with Crippen LogP contribution in [0.2, 0.25) is 0 Å². The molecule has 0 fully saturated rings. The molecule has 0 spiro atoms. The van der Waals surface area contributed by atoms with Crippen LogP contribution in [-0.2, 0) is 16.0 Å². The van der Waals surface area contributed by atoms with Crippen molar-refractivity contribution in [3.63, 3.8) is 0 Å². The molecule has 0 radical (unpaired) electrons. The molecular formula is C17H26N2O3. The fourth-order valence-electron chi connectivity index (χ4n) is 1.88. The van der Waals surface area contributed by atoms with Gasteiger partial charge in [0.25, 0.3) is 0 Å². The lowest BCUT2D eigenvalue weighted by Gasteiger charge is -2.24. The van der Waals surface area contributed by atoms with Gasteiger partial charge in [-0.3, -0.25) is 9.59 Å². The molecule has 0 aliphatic heterocycles. The number of rotatable bonds is 7. The smallest absolute Gasteiger partial charge is 0.235 e. The topological polar surface area (TPSA) is 67.4 Å². The largest absolute Gasteiger partial charge is 0.497 e. The Balaban J connectivity index is 2.48. The highest BCUT2D eigenvalue weighted by Crippen LogP contribution is 2.16. The maximum Gasteiger partial charge on any atom is 0.235 e. The minimum absolute atomic E-state index is 0.0128. The molecule has 5 nitrogen and oxygen atoms in total. The highest BCUT2D eigenvalue weighted by molar-refractivity contribution is 6.04. The second-order valence-corrected chi connectivity index (χ2v) is 6.11. The van der Waals surface area contributed by atoms with E-state index in [-0.39, 0.29) is 17.9 Å². The Bertz CT molecular complexity index is 507. The van der Waals surface area contributed by atoms with Gasteiger partial charge in [0.1, 0.15) is 11.2 Å². The maximum atomic E-state index is 12.2. The van der Waals surface area contributed by atoms with Crippen LogP contribution in [-0.4, -0.2) is 31.5 Å². The van der Waals surface area contributed by atoms with Crippen LogP contribution in [0.15, 0.2) is 24.3 Å². The number of hydrogen-bond donors (Lipinski definition) is 2. The molecule has 2 N–H and O–H groups in total. The Hall–Kier alpha value is -2.04. The molecule has 22 heavy (non-hydrogen) atoms. The SMILES string of the molecule is COc1ccc(CCNC(=O)C(C)(C)C(=O)NC(C)C)cc1. The zero-order chi connectivity index (χ0) is 16.8. The summed E-state index contributed by atoms with van der Waals surface area (Å²) >= 11 is 0. The molecule has 1 aromatic carbocycles. The minimum Gasteiger partial charge on any atom is -0.497 e. The zero-order valence-corrected chi connectivity index (χ0v) is 14.0. The molecule has 1 aromatic rings. The van der Waals surface area contributed by atoms with Gasteiger partial charge in [0, 0.05) is 12.6 Å². The molecule has 0 aromatic heterocycles. The van der Waals surface area contributed by atoms with E-state index in [2.05, 4.69) is 10.6 Å². The van der Waals surface area contributed by atoms with E-state index in [0.717, 1.165) is 11.3 Å². The van der Waals surface area contributed by atoms with E-state index >= 15 is 0 Å². The van der Waals surface area contributed by atoms with Gasteiger partial charge in [-0.2, -0.15) is 0 Å². The second kappa shape index (κ2) is 7.82. The Morgan fingerprint density at radius 3 is 2.23 bits per heavy atom. The molecule has 0 unspecified atom stereocenters. The van der Waals surface area contributed by atoms with E-state index in [4.69, 9.17) is 4.74 Å². The second-order valence-electron chi connectivity index (χ2n) is 6.11. The molecule has 0 atom stereocenters. The predicted molar refractivity (Wildman–Crippen MR) is 86.8 cm³/mol. The van der Waals surface area contributed by atoms with Crippen LogP contribution in [0, 0.1) is 5.41 Å². The summed E-state index contributed by atoms with van der Waals surface area (Å²) in [5.41, 5.74) is 0.0232. The first-order chi connectivity index (χ1) is 10.3. The van der Waals surface area contributed by atoms with Crippen LogP contribution in [0.1, 0.15) is 33.3 Å². The number of ether oxygens (including phenoxy) is 1. The standard InChI is InChI=1S/C17H26N2O3/c1-12(2)19-16(21)17(3,4)15(20)18-11-10-13-6-8-14(22-5)9-7-13/h6-9,12H,10-11H2,1-5H3,(H,18,20)(H,19,21). The summed E-state index contributed by atoms with van der Waals surface area (Å²) in [6, 6.07) is 7.70. The van der Waals surface area contributed by atoms with Gasteiger partial charge < -0.3 is 15.4 Å². The monoisotopic (exact) mass is 306 g/mol. The molecule has 0 saturated carbocycles. The number of carbonyl (C=O) groups is 2. The quantitative estimate of drug-likeness (QED) is 0.756. The van der Waals surface area contributed by atoms with Crippen molar-refractivity contribution >= 4 is 11.8 Å². The average molecular weight is 306 g/mol. The summed E-state index contributed by atoms with van der Waals surface area (Å²) in [5.74, 6) is 0.280. The maximum absolute atomic E-state index is 12.2. The first-order valence-corrected chi connectivity index (χ1v) is 7.49. The van der Waals surface area contributed by atoms with Gasteiger partial charge in [-0.05, 0) is 51.8 Å². The third-order valence-electron chi connectivity index (χ3n) is 3.41. The Morgan fingerprint density at radius 2 is 1.73 bits per heavy atom. The molecule has 0 saturated heterocycles. The van der Waals surface area contributed by atoms with Crippen LogP contribution < -0.4 is 15.4 Å². The van der Waals surface area contributed by atoms with E-state index in [1.54, 1.807) is 21.0 Å². The van der Waals surface area contributed by atoms with E-state index in [1.165, 1.54) is 0 Å². The molecular weight excluding hydrogens is 280 g/mol. The lowest BCUT2D eigenvalue weighted by Crippen LogP contribution is -2.49. The third-order valence-corrected chi connectivity index (χ3v) is 3.41. The lowest BCUT2D eigenvalue weighted by atomic mass is 9.90.